The average molecular weight is 654 g/mol. The molecule has 5 N–H and O–H groups in total. The largest absolute Gasteiger partial charge is 0.459 e. The van der Waals surface area contributed by atoms with Gasteiger partial charge in [0.2, 0.25) is 5.91 Å². The minimum atomic E-state index is -1.69. The van der Waals surface area contributed by atoms with Crippen LogP contribution in [0.5, 0.6) is 0 Å². The highest BCUT2D eigenvalue weighted by atomic mass is 35.5. The van der Waals surface area contributed by atoms with Crippen LogP contribution < -0.4 is 5.32 Å². The Kier molecular flexibility index (Phi) is 11.1. The number of aliphatic hydroxyl groups excluding tert-OH is 4. The lowest BCUT2D eigenvalue weighted by Crippen LogP contribution is -2.66. The van der Waals surface area contributed by atoms with Gasteiger partial charge in [0.15, 0.2) is 18.9 Å². The molecule has 0 aromatic heterocycles. The van der Waals surface area contributed by atoms with E-state index in [1.165, 1.54) is 6.92 Å². The Bertz CT molecular complexity index is 1320. The highest BCUT2D eigenvalue weighted by molar-refractivity contribution is 6.33. The standard InChI is InChI=1S/C30H36ClNO13/c1-14(33)32-19-10-16(8-9-18(19)31)11-41-29-24(36)22(34)27(21(43-29)13-40-28(38)17-6-4-3-5-7-17)45-30-25(37)23(35)26-20(44-30)12-39-15(2)42-26/h3-10,15,20-27,29-30,34-37H,11-13H2,1-2H3,(H,32,33). The Morgan fingerprint density at radius 2 is 1.69 bits per heavy atom. The maximum atomic E-state index is 12.7. The first kappa shape index (κ1) is 33.6. The third-order valence-corrected chi connectivity index (χ3v) is 7.89. The first-order chi connectivity index (χ1) is 21.5. The van der Waals surface area contributed by atoms with E-state index in [1.807, 2.05) is 0 Å². The fourth-order valence-electron chi connectivity index (χ4n) is 5.25. The molecule has 14 nitrogen and oxygen atoms in total. The molecule has 11 unspecified atom stereocenters. The number of rotatable bonds is 9. The van der Waals surface area contributed by atoms with Gasteiger partial charge >= 0.3 is 5.97 Å². The number of benzene rings is 2. The summed E-state index contributed by atoms with van der Waals surface area (Å²) in [4.78, 5) is 24.2. The van der Waals surface area contributed by atoms with E-state index < -0.39 is 80.3 Å². The lowest BCUT2D eigenvalue weighted by molar-refractivity contribution is -0.383. The Hall–Kier alpha value is -2.73. The Morgan fingerprint density at radius 3 is 2.42 bits per heavy atom. The van der Waals surface area contributed by atoms with E-state index >= 15 is 0 Å². The molecule has 0 spiro atoms. The van der Waals surface area contributed by atoms with E-state index in [-0.39, 0.29) is 24.7 Å². The fraction of sp³-hybridized carbons (Fsp3) is 0.533. The highest BCUT2D eigenvalue weighted by Crippen LogP contribution is 2.33. The monoisotopic (exact) mass is 653 g/mol. The molecule has 3 heterocycles. The van der Waals surface area contributed by atoms with Crippen LogP contribution in [0.1, 0.15) is 29.8 Å². The zero-order chi connectivity index (χ0) is 32.2. The maximum Gasteiger partial charge on any atom is 0.338 e. The van der Waals surface area contributed by atoms with Gasteiger partial charge in [-0.25, -0.2) is 4.79 Å². The number of hydrogen-bond donors (Lipinski definition) is 5. The number of nitrogens with one attached hydrogen (secondary N) is 1. The van der Waals surface area contributed by atoms with Crippen LogP contribution in [-0.2, 0) is 44.6 Å². The summed E-state index contributed by atoms with van der Waals surface area (Å²) >= 11 is 6.15. The molecule has 45 heavy (non-hydrogen) atoms. The van der Waals surface area contributed by atoms with E-state index in [0.29, 0.717) is 16.3 Å². The van der Waals surface area contributed by atoms with Gasteiger partial charge in [0.1, 0.15) is 55.4 Å². The average Bonchev–Trinajstić information content (AvgIpc) is 3.02. The van der Waals surface area contributed by atoms with Crippen molar-refractivity contribution in [1.82, 2.24) is 0 Å². The molecule has 0 aliphatic carbocycles. The SMILES string of the molecule is CC(=O)Nc1cc(COC2OC(COC(=O)c3ccccc3)C(OC3OC4COC(C)OC4C(O)C3O)C(O)C2O)ccc1Cl. The second-order valence-electron chi connectivity index (χ2n) is 10.9. The normalized spacial score (nSPS) is 34.9. The van der Waals surface area contributed by atoms with Crippen molar-refractivity contribution in [1.29, 1.82) is 0 Å². The summed E-state index contributed by atoms with van der Waals surface area (Å²) in [5, 5.41) is 46.6. The van der Waals surface area contributed by atoms with Gasteiger partial charge in [0, 0.05) is 6.92 Å². The van der Waals surface area contributed by atoms with E-state index in [4.69, 9.17) is 44.8 Å². The first-order valence-corrected chi connectivity index (χ1v) is 14.7. The summed E-state index contributed by atoms with van der Waals surface area (Å²) in [5.74, 6) is -1.00. The Morgan fingerprint density at radius 1 is 0.956 bits per heavy atom. The minimum Gasteiger partial charge on any atom is -0.459 e. The van der Waals surface area contributed by atoms with Crippen molar-refractivity contribution in [3.8, 4) is 0 Å². The predicted molar refractivity (Wildman–Crippen MR) is 154 cm³/mol. The summed E-state index contributed by atoms with van der Waals surface area (Å²) < 4.78 is 39.9. The lowest BCUT2D eigenvalue weighted by atomic mass is 9.96. The van der Waals surface area contributed by atoms with Gasteiger partial charge < -0.3 is 58.9 Å². The molecule has 3 aliphatic rings. The van der Waals surface area contributed by atoms with Gasteiger partial charge in [-0.05, 0) is 36.8 Å². The molecule has 246 valence electrons. The van der Waals surface area contributed by atoms with Crippen LogP contribution in [0, 0.1) is 0 Å². The Labute approximate surface area is 263 Å². The van der Waals surface area contributed by atoms with E-state index in [0.717, 1.165) is 0 Å². The van der Waals surface area contributed by atoms with E-state index in [9.17, 15) is 30.0 Å². The molecule has 15 heteroatoms. The van der Waals surface area contributed by atoms with Gasteiger partial charge in [-0.15, -0.1) is 0 Å². The van der Waals surface area contributed by atoms with Gasteiger partial charge in [0.25, 0.3) is 0 Å². The van der Waals surface area contributed by atoms with Gasteiger partial charge in [-0.2, -0.15) is 0 Å². The Balaban J connectivity index is 1.31. The van der Waals surface area contributed by atoms with Gasteiger partial charge in [0.05, 0.1) is 29.5 Å². The second-order valence-corrected chi connectivity index (χ2v) is 11.3. The van der Waals surface area contributed by atoms with Crippen LogP contribution in [0.4, 0.5) is 5.69 Å². The van der Waals surface area contributed by atoms with Crippen LogP contribution in [0.2, 0.25) is 5.02 Å². The van der Waals surface area contributed by atoms with Crippen molar-refractivity contribution in [3.63, 3.8) is 0 Å². The fourth-order valence-corrected chi connectivity index (χ4v) is 5.42. The predicted octanol–water partition coefficient (Wildman–Crippen LogP) is 0.712. The number of carbonyl (C=O) groups excluding carboxylic acids is 2. The number of carbonyl (C=O) groups is 2. The number of halogens is 1. The van der Waals surface area contributed by atoms with E-state index in [2.05, 4.69) is 5.32 Å². The number of amides is 1. The molecular weight excluding hydrogens is 618 g/mol. The number of ether oxygens (including phenoxy) is 7. The van der Waals surface area contributed by atoms with Crippen molar-refractivity contribution < 1.29 is 63.2 Å². The van der Waals surface area contributed by atoms with Crippen molar-refractivity contribution in [2.75, 3.05) is 18.5 Å². The smallest absolute Gasteiger partial charge is 0.338 e. The number of fused-ring (bicyclic) bond motifs is 1. The number of esters is 1. The summed E-state index contributed by atoms with van der Waals surface area (Å²) in [5.41, 5.74) is 1.18. The molecule has 1 amide bonds. The number of hydrogen-bond acceptors (Lipinski definition) is 13. The third kappa shape index (κ3) is 7.99. The van der Waals surface area contributed by atoms with Crippen molar-refractivity contribution >= 4 is 29.2 Å². The molecule has 5 rings (SSSR count). The molecule has 0 radical (unpaired) electrons. The molecule has 11 atom stereocenters. The third-order valence-electron chi connectivity index (χ3n) is 7.56. The number of aliphatic hydroxyl groups is 4. The quantitative estimate of drug-likeness (QED) is 0.238. The summed E-state index contributed by atoms with van der Waals surface area (Å²) in [7, 11) is 0. The van der Waals surface area contributed by atoms with Gasteiger partial charge in [-0.1, -0.05) is 35.9 Å². The second kappa shape index (κ2) is 14.8. The van der Waals surface area contributed by atoms with Crippen LogP contribution in [0.25, 0.3) is 0 Å². The molecule has 3 saturated heterocycles. The zero-order valence-electron chi connectivity index (χ0n) is 24.4. The van der Waals surface area contributed by atoms with Gasteiger partial charge in [-0.3, -0.25) is 4.79 Å². The summed E-state index contributed by atoms with van der Waals surface area (Å²) in [6.45, 7) is 2.45. The van der Waals surface area contributed by atoms with Crippen LogP contribution >= 0.6 is 11.6 Å². The zero-order valence-corrected chi connectivity index (χ0v) is 25.2. The maximum absolute atomic E-state index is 12.7. The van der Waals surface area contributed by atoms with Crippen LogP contribution in [0.15, 0.2) is 48.5 Å². The molecule has 2 aromatic carbocycles. The molecule has 3 fully saturated rings. The van der Waals surface area contributed by atoms with Crippen molar-refractivity contribution in [3.05, 3.63) is 64.7 Å². The molecule has 0 bridgehead atoms. The lowest BCUT2D eigenvalue weighted by Gasteiger charge is -2.48. The minimum absolute atomic E-state index is 0.0458. The summed E-state index contributed by atoms with van der Waals surface area (Å²) in [6, 6.07) is 13.0. The summed E-state index contributed by atoms with van der Waals surface area (Å²) in [6.07, 6.45) is -14.3. The van der Waals surface area contributed by atoms with Crippen LogP contribution in [0.3, 0.4) is 0 Å². The number of anilines is 1. The molecular formula is C30H36ClNO13. The van der Waals surface area contributed by atoms with Crippen molar-refractivity contribution in [2.45, 2.75) is 88.2 Å². The van der Waals surface area contributed by atoms with Crippen LogP contribution in [-0.4, -0.2) is 113 Å². The molecule has 3 aliphatic heterocycles. The van der Waals surface area contributed by atoms with E-state index in [1.54, 1.807) is 55.5 Å². The topological polar surface area (TPSA) is 192 Å². The molecule has 2 aromatic rings. The first-order valence-electron chi connectivity index (χ1n) is 14.4. The van der Waals surface area contributed by atoms with Crippen molar-refractivity contribution in [2.24, 2.45) is 0 Å². The molecule has 0 saturated carbocycles. The highest BCUT2D eigenvalue weighted by Gasteiger charge is 2.53.